The predicted octanol–water partition coefficient (Wildman–Crippen LogP) is 3.34. The summed E-state index contributed by atoms with van der Waals surface area (Å²) in [5.74, 6) is 1.15. The lowest BCUT2D eigenvalue weighted by Gasteiger charge is -2.09. The van der Waals surface area contributed by atoms with Gasteiger partial charge in [0.15, 0.2) is 0 Å². The van der Waals surface area contributed by atoms with E-state index in [0.717, 1.165) is 32.9 Å². The van der Waals surface area contributed by atoms with Gasteiger partial charge in [-0.2, -0.15) is 0 Å². The number of amides is 1. The fraction of sp³-hybridized carbons (Fsp3) is 0.333. The Bertz CT molecular complexity index is 936. The Balaban J connectivity index is 1.84. The SMILES string of the molecule is CCOc1ncccc1CNC(=O)c1sc2nc(C)nc(C)c2c1C. The second-order valence-electron chi connectivity index (χ2n) is 5.68. The summed E-state index contributed by atoms with van der Waals surface area (Å²) < 4.78 is 5.50. The van der Waals surface area contributed by atoms with Crippen LogP contribution in [0.2, 0.25) is 0 Å². The minimum absolute atomic E-state index is 0.121. The minimum atomic E-state index is -0.121. The van der Waals surface area contributed by atoms with Crippen LogP contribution in [0.15, 0.2) is 18.3 Å². The molecule has 0 spiro atoms. The lowest BCUT2D eigenvalue weighted by atomic mass is 10.1. The molecule has 130 valence electrons. The average Bonchev–Trinajstić information content (AvgIpc) is 2.91. The highest BCUT2D eigenvalue weighted by Gasteiger charge is 2.19. The van der Waals surface area contributed by atoms with E-state index in [2.05, 4.69) is 20.3 Å². The molecule has 25 heavy (non-hydrogen) atoms. The van der Waals surface area contributed by atoms with Gasteiger partial charge in [0, 0.05) is 29.4 Å². The summed E-state index contributed by atoms with van der Waals surface area (Å²) in [7, 11) is 0. The molecule has 0 fully saturated rings. The van der Waals surface area contributed by atoms with E-state index in [4.69, 9.17) is 4.74 Å². The number of hydrogen-bond donors (Lipinski definition) is 1. The summed E-state index contributed by atoms with van der Waals surface area (Å²) in [5.41, 5.74) is 2.68. The molecule has 0 saturated heterocycles. The van der Waals surface area contributed by atoms with Crippen molar-refractivity contribution in [2.75, 3.05) is 6.61 Å². The van der Waals surface area contributed by atoms with Crippen LogP contribution in [0.5, 0.6) is 5.88 Å². The maximum atomic E-state index is 12.7. The second kappa shape index (κ2) is 7.14. The van der Waals surface area contributed by atoms with Crippen molar-refractivity contribution >= 4 is 27.5 Å². The molecule has 3 rings (SSSR count). The molecule has 0 atom stereocenters. The van der Waals surface area contributed by atoms with E-state index in [1.165, 1.54) is 11.3 Å². The highest BCUT2D eigenvalue weighted by Crippen LogP contribution is 2.31. The Morgan fingerprint density at radius 1 is 1.28 bits per heavy atom. The highest BCUT2D eigenvalue weighted by atomic mass is 32.1. The largest absolute Gasteiger partial charge is 0.478 e. The van der Waals surface area contributed by atoms with E-state index in [1.54, 1.807) is 6.20 Å². The number of aromatic nitrogens is 3. The van der Waals surface area contributed by atoms with E-state index in [0.29, 0.717) is 23.9 Å². The van der Waals surface area contributed by atoms with E-state index in [9.17, 15) is 4.79 Å². The zero-order valence-electron chi connectivity index (χ0n) is 14.7. The molecule has 3 heterocycles. The molecular weight excluding hydrogens is 336 g/mol. The molecule has 3 aromatic heterocycles. The summed E-state index contributed by atoms with van der Waals surface area (Å²) >= 11 is 1.40. The van der Waals surface area contributed by atoms with Gasteiger partial charge in [-0.1, -0.05) is 6.07 Å². The average molecular weight is 356 g/mol. The van der Waals surface area contributed by atoms with Gasteiger partial charge in [-0.25, -0.2) is 15.0 Å². The van der Waals surface area contributed by atoms with Crippen molar-refractivity contribution in [1.29, 1.82) is 0 Å². The van der Waals surface area contributed by atoms with Crippen LogP contribution in [-0.4, -0.2) is 27.5 Å². The van der Waals surface area contributed by atoms with Gasteiger partial charge in [-0.05, 0) is 39.3 Å². The molecule has 0 saturated carbocycles. The first-order chi connectivity index (χ1) is 12.0. The lowest BCUT2D eigenvalue weighted by molar-refractivity contribution is 0.0954. The van der Waals surface area contributed by atoms with Crippen molar-refractivity contribution < 1.29 is 9.53 Å². The van der Waals surface area contributed by atoms with Crippen LogP contribution < -0.4 is 10.1 Å². The van der Waals surface area contributed by atoms with E-state index < -0.39 is 0 Å². The van der Waals surface area contributed by atoms with E-state index in [1.807, 2.05) is 39.8 Å². The maximum Gasteiger partial charge on any atom is 0.261 e. The van der Waals surface area contributed by atoms with Crippen molar-refractivity contribution in [2.45, 2.75) is 34.2 Å². The summed E-state index contributed by atoms with van der Waals surface area (Å²) in [5, 5.41) is 3.92. The monoisotopic (exact) mass is 356 g/mol. The Morgan fingerprint density at radius 3 is 2.84 bits per heavy atom. The van der Waals surface area contributed by atoms with Crippen LogP contribution in [-0.2, 0) is 6.54 Å². The predicted molar refractivity (Wildman–Crippen MR) is 98.2 cm³/mol. The smallest absolute Gasteiger partial charge is 0.261 e. The number of thiophene rings is 1. The molecule has 0 aliphatic heterocycles. The van der Waals surface area contributed by atoms with Crippen molar-refractivity contribution in [3.8, 4) is 5.88 Å². The summed E-state index contributed by atoms with van der Waals surface area (Å²) in [4.78, 5) is 27.2. The summed E-state index contributed by atoms with van der Waals surface area (Å²) in [6.45, 7) is 8.55. The van der Waals surface area contributed by atoms with Crippen molar-refractivity contribution in [3.05, 3.63) is 45.9 Å². The Labute approximate surface area is 150 Å². The Hall–Kier alpha value is -2.54. The van der Waals surface area contributed by atoms with E-state index >= 15 is 0 Å². The molecule has 7 heteroatoms. The molecule has 0 aliphatic rings. The topological polar surface area (TPSA) is 77.0 Å². The maximum absolute atomic E-state index is 12.7. The number of carbonyl (C=O) groups is 1. The Kier molecular flexibility index (Phi) is 4.94. The molecule has 0 aromatic carbocycles. The molecule has 1 N–H and O–H groups in total. The number of nitrogens with one attached hydrogen (secondary N) is 1. The first-order valence-electron chi connectivity index (χ1n) is 8.10. The number of pyridine rings is 1. The standard InChI is InChI=1S/C18H20N4O2S/c1-5-24-17-13(7-6-8-19-17)9-20-16(23)15-10(2)14-11(3)21-12(4)22-18(14)25-15/h6-8H,5,9H2,1-4H3,(H,20,23). The molecule has 3 aromatic rings. The number of aryl methyl sites for hydroxylation is 3. The quantitative estimate of drug-likeness (QED) is 0.759. The van der Waals surface area contributed by atoms with E-state index in [-0.39, 0.29) is 5.91 Å². The first kappa shape index (κ1) is 17.3. The molecule has 0 aliphatic carbocycles. The van der Waals surface area contributed by atoms with Gasteiger partial charge in [0.2, 0.25) is 5.88 Å². The normalized spacial score (nSPS) is 10.9. The van der Waals surface area contributed by atoms with Crippen LogP contribution in [0, 0.1) is 20.8 Å². The van der Waals surface area contributed by atoms with Gasteiger partial charge in [-0.15, -0.1) is 11.3 Å². The van der Waals surface area contributed by atoms with Gasteiger partial charge < -0.3 is 10.1 Å². The minimum Gasteiger partial charge on any atom is -0.478 e. The zero-order chi connectivity index (χ0) is 18.0. The molecule has 0 unspecified atom stereocenters. The first-order valence-corrected chi connectivity index (χ1v) is 8.92. The van der Waals surface area contributed by atoms with Crippen LogP contribution in [0.1, 0.15) is 39.2 Å². The number of rotatable bonds is 5. The molecular formula is C18H20N4O2S. The van der Waals surface area contributed by atoms with Gasteiger partial charge in [-0.3, -0.25) is 4.79 Å². The van der Waals surface area contributed by atoms with Gasteiger partial charge in [0.05, 0.1) is 11.5 Å². The fourth-order valence-corrected chi connectivity index (χ4v) is 3.97. The van der Waals surface area contributed by atoms with Crippen molar-refractivity contribution in [1.82, 2.24) is 20.3 Å². The summed E-state index contributed by atoms with van der Waals surface area (Å²) in [6, 6.07) is 3.73. The van der Waals surface area contributed by atoms with Gasteiger partial charge in [0.1, 0.15) is 10.7 Å². The summed E-state index contributed by atoms with van der Waals surface area (Å²) in [6.07, 6.45) is 1.68. The lowest BCUT2D eigenvalue weighted by Crippen LogP contribution is -2.23. The number of carbonyl (C=O) groups excluding carboxylic acids is 1. The number of nitrogens with zero attached hydrogens (tertiary/aromatic N) is 3. The van der Waals surface area contributed by atoms with Gasteiger partial charge in [0.25, 0.3) is 5.91 Å². The van der Waals surface area contributed by atoms with Crippen LogP contribution in [0.3, 0.4) is 0 Å². The van der Waals surface area contributed by atoms with Gasteiger partial charge >= 0.3 is 0 Å². The molecule has 1 amide bonds. The third-order valence-corrected chi connectivity index (χ3v) is 5.04. The third kappa shape index (κ3) is 3.46. The zero-order valence-corrected chi connectivity index (χ0v) is 15.5. The fourth-order valence-electron chi connectivity index (χ4n) is 2.77. The highest BCUT2D eigenvalue weighted by molar-refractivity contribution is 7.20. The van der Waals surface area contributed by atoms with Crippen molar-refractivity contribution in [3.63, 3.8) is 0 Å². The second-order valence-corrected chi connectivity index (χ2v) is 6.68. The number of fused-ring (bicyclic) bond motifs is 1. The van der Waals surface area contributed by atoms with Crippen LogP contribution in [0.4, 0.5) is 0 Å². The van der Waals surface area contributed by atoms with Crippen molar-refractivity contribution in [2.24, 2.45) is 0 Å². The molecule has 6 nitrogen and oxygen atoms in total. The molecule has 0 bridgehead atoms. The Morgan fingerprint density at radius 2 is 2.08 bits per heavy atom. The third-order valence-electron chi connectivity index (χ3n) is 3.86. The number of hydrogen-bond acceptors (Lipinski definition) is 6. The number of ether oxygens (including phenoxy) is 1. The van der Waals surface area contributed by atoms with Crippen LogP contribution >= 0.6 is 11.3 Å². The van der Waals surface area contributed by atoms with Crippen LogP contribution in [0.25, 0.3) is 10.2 Å². The molecule has 0 radical (unpaired) electrons.